The van der Waals surface area contributed by atoms with Gasteiger partial charge in [0, 0.05) is 5.54 Å². The number of alkyl halides is 6. The van der Waals surface area contributed by atoms with Gasteiger partial charge in [-0.25, -0.2) is 8.42 Å². The summed E-state index contributed by atoms with van der Waals surface area (Å²) in [6.07, 6.45) is -16.7. The van der Waals surface area contributed by atoms with E-state index >= 15 is 0 Å². The number of halogens is 6. The van der Waals surface area contributed by atoms with Crippen molar-refractivity contribution in [2.45, 2.75) is 54.2 Å². The van der Waals surface area contributed by atoms with Crippen LogP contribution in [0.1, 0.15) is 36.4 Å². The van der Waals surface area contributed by atoms with E-state index in [0.717, 1.165) is 0 Å². The summed E-state index contributed by atoms with van der Waals surface area (Å²) < 4.78 is 111. The molecule has 0 amide bonds. The highest BCUT2D eigenvalue weighted by Gasteiger charge is 2.51. The van der Waals surface area contributed by atoms with Gasteiger partial charge >= 0.3 is 12.4 Å². The van der Waals surface area contributed by atoms with E-state index in [-0.39, 0.29) is 16.2 Å². The first-order chi connectivity index (χ1) is 15.6. The second kappa shape index (κ2) is 9.38. The standard InChI is InChI=1S/C22H23F6NO4S/c1-33-16-7-8-17-18(9-16)34(31,32)13-20(12-22(26,27)28,10-15(30)11-21(23,24)25)29-19(17)14-5-3-2-4-6-14/h2-9,15,19,29-30H,10-13H2,1H3/t15?,19-,20+/m0/s1. The molecular formula is C22H23F6NO4S. The Morgan fingerprint density at radius 2 is 1.74 bits per heavy atom. The average molecular weight is 511 g/mol. The molecule has 2 aromatic rings. The lowest BCUT2D eigenvalue weighted by atomic mass is 9.86. The van der Waals surface area contributed by atoms with Gasteiger partial charge in [0.25, 0.3) is 0 Å². The Hall–Kier alpha value is -2.31. The molecule has 2 N–H and O–H groups in total. The summed E-state index contributed by atoms with van der Waals surface area (Å²) in [5.41, 5.74) is -1.90. The van der Waals surface area contributed by atoms with Crippen LogP contribution in [-0.2, 0) is 9.84 Å². The van der Waals surface area contributed by atoms with Gasteiger partial charge in [-0.05, 0) is 29.7 Å². The maximum atomic E-state index is 13.7. The van der Waals surface area contributed by atoms with Crippen LogP contribution in [0, 0.1) is 0 Å². The number of ether oxygens (including phenoxy) is 1. The summed E-state index contributed by atoms with van der Waals surface area (Å²) in [5, 5.41) is 12.8. The Morgan fingerprint density at radius 3 is 2.29 bits per heavy atom. The molecule has 5 nitrogen and oxygen atoms in total. The first-order valence-corrected chi connectivity index (χ1v) is 11.8. The predicted molar refractivity (Wildman–Crippen MR) is 111 cm³/mol. The maximum absolute atomic E-state index is 13.7. The number of aliphatic hydroxyl groups is 1. The van der Waals surface area contributed by atoms with Gasteiger partial charge in [0.1, 0.15) is 5.75 Å². The molecule has 0 aromatic heterocycles. The van der Waals surface area contributed by atoms with Crippen LogP contribution < -0.4 is 10.1 Å². The normalized spacial score (nSPS) is 23.6. The number of nitrogens with one attached hydrogen (secondary N) is 1. The number of rotatable bonds is 6. The molecule has 34 heavy (non-hydrogen) atoms. The summed E-state index contributed by atoms with van der Waals surface area (Å²) in [5.74, 6) is -1.02. The molecule has 12 heteroatoms. The third-order valence-corrected chi connectivity index (χ3v) is 7.51. The Labute approximate surface area is 192 Å². The topological polar surface area (TPSA) is 75.6 Å². The summed E-state index contributed by atoms with van der Waals surface area (Å²) in [4.78, 5) is -0.289. The average Bonchev–Trinajstić information content (AvgIpc) is 2.77. The molecular weight excluding hydrogens is 488 g/mol. The van der Waals surface area contributed by atoms with E-state index in [4.69, 9.17) is 4.74 Å². The van der Waals surface area contributed by atoms with Crippen LogP contribution >= 0.6 is 0 Å². The van der Waals surface area contributed by atoms with Crippen molar-refractivity contribution in [3.05, 3.63) is 59.7 Å². The minimum atomic E-state index is -4.93. The van der Waals surface area contributed by atoms with Gasteiger partial charge < -0.3 is 9.84 Å². The highest BCUT2D eigenvalue weighted by atomic mass is 32.2. The van der Waals surface area contributed by atoms with E-state index < -0.39 is 64.9 Å². The van der Waals surface area contributed by atoms with Crippen molar-refractivity contribution >= 4 is 9.84 Å². The lowest BCUT2D eigenvalue weighted by Crippen LogP contribution is -2.55. The van der Waals surface area contributed by atoms with Gasteiger partial charge in [0.15, 0.2) is 9.84 Å². The zero-order valence-corrected chi connectivity index (χ0v) is 18.8. The number of methoxy groups -OCH3 is 1. The van der Waals surface area contributed by atoms with Crippen LogP contribution in [0.5, 0.6) is 5.75 Å². The molecule has 1 heterocycles. The highest BCUT2D eigenvalue weighted by Crippen LogP contribution is 2.42. The molecule has 2 aromatic carbocycles. The molecule has 0 spiro atoms. The molecule has 0 aliphatic carbocycles. The van der Waals surface area contributed by atoms with Crippen molar-refractivity contribution in [1.82, 2.24) is 5.32 Å². The Balaban J connectivity index is 2.21. The quantitative estimate of drug-likeness (QED) is 0.557. The van der Waals surface area contributed by atoms with E-state index in [1.807, 2.05) is 0 Å². The van der Waals surface area contributed by atoms with Crippen molar-refractivity contribution in [1.29, 1.82) is 0 Å². The van der Waals surface area contributed by atoms with Crippen LogP contribution in [0.4, 0.5) is 26.3 Å². The number of hydrogen-bond donors (Lipinski definition) is 2. The highest BCUT2D eigenvalue weighted by molar-refractivity contribution is 7.91. The fraction of sp³-hybridized carbons (Fsp3) is 0.455. The summed E-state index contributed by atoms with van der Waals surface area (Å²) in [6, 6.07) is 10.9. The number of sulfone groups is 1. The Bertz CT molecular complexity index is 1100. The summed E-state index contributed by atoms with van der Waals surface area (Å²) >= 11 is 0. The Morgan fingerprint density at radius 1 is 1.09 bits per heavy atom. The largest absolute Gasteiger partial charge is 0.497 e. The van der Waals surface area contributed by atoms with Crippen LogP contribution in [0.15, 0.2) is 53.4 Å². The van der Waals surface area contributed by atoms with E-state index in [2.05, 4.69) is 5.32 Å². The summed E-state index contributed by atoms with van der Waals surface area (Å²) in [6.45, 7) is 0. The monoisotopic (exact) mass is 511 g/mol. The molecule has 0 fully saturated rings. The van der Waals surface area contributed by atoms with Gasteiger partial charge in [0.2, 0.25) is 0 Å². The van der Waals surface area contributed by atoms with Gasteiger partial charge in [-0.2, -0.15) is 26.3 Å². The molecule has 0 radical (unpaired) electrons. The predicted octanol–water partition coefficient (Wildman–Crippen LogP) is 4.56. The molecule has 3 atom stereocenters. The number of aliphatic hydroxyl groups excluding tert-OH is 1. The smallest absolute Gasteiger partial charge is 0.391 e. The van der Waals surface area contributed by atoms with E-state index in [0.29, 0.717) is 5.56 Å². The zero-order valence-electron chi connectivity index (χ0n) is 17.9. The fourth-order valence-electron chi connectivity index (χ4n) is 4.39. The SMILES string of the molecule is COc1ccc2c(c1)S(=O)(=O)C[C@@](CC(O)CC(F)(F)F)(CC(F)(F)F)N[C@H]2c1ccccc1. The molecule has 0 bridgehead atoms. The van der Waals surface area contributed by atoms with Gasteiger partial charge in [-0.1, -0.05) is 36.4 Å². The molecule has 0 saturated carbocycles. The zero-order chi connectivity index (χ0) is 25.4. The van der Waals surface area contributed by atoms with Gasteiger partial charge in [-0.15, -0.1) is 0 Å². The first kappa shape index (κ1) is 26.3. The molecule has 188 valence electrons. The number of fused-ring (bicyclic) bond motifs is 1. The molecule has 0 saturated heterocycles. The second-order valence-electron chi connectivity index (χ2n) is 8.40. The fourth-order valence-corrected chi connectivity index (χ4v) is 6.42. The number of benzene rings is 2. The second-order valence-corrected chi connectivity index (χ2v) is 10.4. The third-order valence-electron chi connectivity index (χ3n) is 5.55. The molecule has 3 rings (SSSR count). The van der Waals surface area contributed by atoms with E-state index in [1.165, 1.54) is 25.3 Å². The van der Waals surface area contributed by atoms with Crippen molar-refractivity contribution in [2.75, 3.05) is 12.9 Å². The lowest BCUT2D eigenvalue weighted by Gasteiger charge is -2.38. The van der Waals surface area contributed by atoms with Crippen LogP contribution in [0.2, 0.25) is 0 Å². The van der Waals surface area contributed by atoms with Gasteiger partial charge in [0.05, 0.1) is 42.7 Å². The lowest BCUT2D eigenvalue weighted by molar-refractivity contribution is -0.164. The number of hydrogen-bond acceptors (Lipinski definition) is 5. The van der Waals surface area contributed by atoms with Crippen LogP contribution in [0.3, 0.4) is 0 Å². The minimum absolute atomic E-state index is 0.126. The van der Waals surface area contributed by atoms with Crippen molar-refractivity contribution < 1.29 is 44.6 Å². The molecule has 1 aliphatic rings. The Kier molecular flexibility index (Phi) is 7.26. The van der Waals surface area contributed by atoms with Crippen LogP contribution in [-0.4, -0.2) is 50.4 Å². The van der Waals surface area contributed by atoms with E-state index in [9.17, 15) is 39.9 Å². The molecule has 1 aliphatic heterocycles. The minimum Gasteiger partial charge on any atom is -0.497 e. The van der Waals surface area contributed by atoms with Gasteiger partial charge in [-0.3, -0.25) is 5.32 Å². The molecule has 1 unspecified atom stereocenters. The van der Waals surface area contributed by atoms with Crippen molar-refractivity contribution in [3.8, 4) is 5.75 Å². The first-order valence-electron chi connectivity index (χ1n) is 10.2. The van der Waals surface area contributed by atoms with Crippen LogP contribution in [0.25, 0.3) is 0 Å². The third kappa shape index (κ3) is 6.42. The van der Waals surface area contributed by atoms with E-state index in [1.54, 1.807) is 30.3 Å². The summed E-state index contributed by atoms with van der Waals surface area (Å²) in [7, 11) is -3.17. The maximum Gasteiger partial charge on any atom is 0.391 e. The van der Waals surface area contributed by atoms with Crippen molar-refractivity contribution in [3.63, 3.8) is 0 Å². The van der Waals surface area contributed by atoms with Crippen molar-refractivity contribution in [2.24, 2.45) is 0 Å².